The number of nitrogens with zero attached hydrogens (tertiary/aromatic N) is 4. The van der Waals surface area contributed by atoms with Crippen LogP contribution in [0.1, 0.15) is 24.4 Å². The lowest BCUT2D eigenvalue weighted by molar-refractivity contribution is 0.567. The van der Waals surface area contributed by atoms with Gasteiger partial charge in [-0.05, 0) is 18.4 Å². The van der Waals surface area contributed by atoms with Crippen molar-refractivity contribution in [3.8, 4) is 0 Å². The molecule has 0 spiro atoms. The minimum Gasteiger partial charge on any atom is -0.369 e. The molecule has 0 saturated heterocycles. The average molecular weight is 287 g/mol. The van der Waals surface area contributed by atoms with Crippen molar-refractivity contribution in [3.63, 3.8) is 0 Å². The van der Waals surface area contributed by atoms with E-state index >= 15 is 0 Å². The second-order valence-electron chi connectivity index (χ2n) is 5.47. The molecule has 3 aromatic heterocycles. The van der Waals surface area contributed by atoms with Crippen LogP contribution in [0.25, 0.3) is 5.78 Å². The normalized spacial score (nSPS) is 11.9. The van der Waals surface area contributed by atoms with Crippen LogP contribution < -0.4 is 5.32 Å². The Bertz CT molecular complexity index is 714. The van der Waals surface area contributed by atoms with Gasteiger partial charge in [0.15, 0.2) is 0 Å². The van der Waals surface area contributed by atoms with E-state index in [1.165, 1.54) is 11.2 Å². The predicted molar refractivity (Wildman–Crippen MR) is 81.4 cm³/mol. The molecule has 3 rings (SSSR count). The van der Waals surface area contributed by atoms with Crippen LogP contribution >= 0.6 is 11.3 Å². The molecule has 0 saturated carbocycles. The maximum absolute atomic E-state index is 4.34. The van der Waals surface area contributed by atoms with Gasteiger partial charge in [0.2, 0.25) is 0 Å². The molecule has 0 aliphatic rings. The molecule has 1 N–H and O–H groups in total. The standard InChI is InChI=1S/C14H17N5S/c1-10-7-12(19-13(18-10)16-9-17-19)15-8-14(2,3)11-5-4-6-20-11/h4-7,9,15H,8H2,1-3H3. The molecule has 0 aliphatic carbocycles. The first-order valence-corrected chi connectivity index (χ1v) is 7.39. The van der Waals surface area contributed by atoms with Crippen molar-refractivity contribution in [2.75, 3.05) is 11.9 Å². The number of aromatic nitrogens is 4. The lowest BCUT2D eigenvalue weighted by Gasteiger charge is -2.24. The zero-order valence-corrected chi connectivity index (χ0v) is 12.6. The Morgan fingerprint density at radius 2 is 2.25 bits per heavy atom. The highest BCUT2D eigenvalue weighted by Crippen LogP contribution is 2.27. The van der Waals surface area contributed by atoms with Gasteiger partial charge in [0.1, 0.15) is 12.1 Å². The molecular weight excluding hydrogens is 270 g/mol. The third kappa shape index (κ3) is 2.38. The summed E-state index contributed by atoms with van der Waals surface area (Å²) < 4.78 is 1.73. The molecule has 0 aromatic carbocycles. The van der Waals surface area contributed by atoms with E-state index < -0.39 is 0 Å². The molecule has 104 valence electrons. The fourth-order valence-electron chi connectivity index (χ4n) is 2.12. The molecule has 0 amide bonds. The number of hydrogen-bond acceptors (Lipinski definition) is 5. The van der Waals surface area contributed by atoms with Gasteiger partial charge in [0.05, 0.1) is 0 Å². The first-order chi connectivity index (χ1) is 9.56. The van der Waals surface area contributed by atoms with Crippen LogP contribution in [-0.2, 0) is 5.41 Å². The second kappa shape index (κ2) is 4.86. The van der Waals surface area contributed by atoms with Gasteiger partial charge >= 0.3 is 0 Å². The van der Waals surface area contributed by atoms with Crippen LogP contribution in [0.5, 0.6) is 0 Å². The molecular formula is C14H17N5S. The number of hydrogen-bond donors (Lipinski definition) is 1. The van der Waals surface area contributed by atoms with E-state index in [2.05, 4.69) is 51.7 Å². The van der Waals surface area contributed by atoms with Crippen LogP contribution in [0.3, 0.4) is 0 Å². The number of nitrogens with one attached hydrogen (secondary N) is 1. The smallest absolute Gasteiger partial charge is 0.254 e. The Hall–Kier alpha value is -1.95. The summed E-state index contributed by atoms with van der Waals surface area (Å²) in [6.07, 6.45) is 1.53. The lowest BCUT2D eigenvalue weighted by Crippen LogP contribution is -2.27. The highest BCUT2D eigenvalue weighted by molar-refractivity contribution is 7.10. The maximum Gasteiger partial charge on any atom is 0.254 e. The Morgan fingerprint density at radius 3 is 3.00 bits per heavy atom. The van der Waals surface area contributed by atoms with E-state index in [9.17, 15) is 0 Å². The van der Waals surface area contributed by atoms with Crippen LogP contribution in [0, 0.1) is 6.92 Å². The molecule has 3 aromatic rings. The largest absolute Gasteiger partial charge is 0.369 e. The quantitative estimate of drug-likeness (QED) is 0.801. The van der Waals surface area contributed by atoms with Crippen molar-refractivity contribution in [3.05, 3.63) is 40.5 Å². The van der Waals surface area contributed by atoms with Gasteiger partial charge in [-0.25, -0.2) is 4.98 Å². The summed E-state index contributed by atoms with van der Waals surface area (Å²) in [7, 11) is 0. The zero-order chi connectivity index (χ0) is 14.2. The third-order valence-electron chi connectivity index (χ3n) is 3.28. The van der Waals surface area contributed by atoms with E-state index in [4.69, 9.17) is 0 Å². The van der Waals surface area contributed by atoms with Gasteiger partial charge in [-0.3, -0.25) is 0 Å². The van der Waals surface area contributed by atoms with Gasteiger partial charge in [-0.1, -0.05) is 19.9 Å². The third-order valence-corrected chi connectivity index (χ3v) is 4.52. The van der Waals surface area contributed by atoms with Crippen molar-refractivity contribution in [1.29, 1.82) is 0 Å². The van der Waals surface area contributed by atoms with Crippen molar-refractivity contribution >= 4 is 22.9 Å². The molecule has 0 radical (unpaired) electrons. The molecule has 6 heteroatoms. The number of thiophene rings is 1. The number of anilines is 1. The topological polar surface area (TPSA) is 55.1 Å². The molecule has 0 bridgehead atoms. The van der Waals surface area contributed by atoms with Crippen molar-refractivity contribution in [2.24, 2.45) is 0 Å². The molecule has 0 unspecified atom stereocenters. The molecule has 0 atom stereocenters. The Morgan fingerprint density at radius 1 is 1.40 bits per heavy atom. The van der Waals surface area contributed by atoms with Crippen LogP contribution in [0.15, 0.2) is 29.9 Å². The minimum atomic E-state index is 0.0677. The molecule has 0 aliphatic heterocycles. The Kier molecular flexibility index (Phi) is 3.17. The first-order valence-electron chi connectivity index (χ1n) is 6.51. The highest BCUT2D eigenvalue weighted by atomic mass is 32.1. The van der Waals surface area contributed by atoms with Crippen LogP contribution in [0.4, 0.5) is 5.82 Å². The molecule has 20 heavy (non-hydrogen) atoms. The van der Waals surface area contributed by atoms with Gasteiger partial charge in [0.25, 0.3) is 5.78 Å². The molecule has 0 fully saturated rings. The summed E-state index contributed by atoms with van der Waals surface area (Å²) >= 11 is 1.79. The predicted octanol–water partition coefficient (Wildman–Crippen LogP) is 2.88. The summed E-state index contributed by atoms with van der Waals surface area (Å²) in [6.45, 7) is 7.26. The summed E-state index contributed by atoms with van der Waals surface area (Å²) in [5.74, 6) is 1.55. The molecule has 5 nitrogen and oxygen atoms in total. The monoisotopic (exact) mass is 287 g/mol. The van der Waals surface area contributed by atoms with E-state index in [-0.39, 0.29) is 5.41 Å². The summed E-state index contributed by atoms with van der Waals surface area (Å²) in [5, 5.41) is 9.79. The summed E-state index contributed by atoms with van der Waals surface area (Å²) in [4.78, 5) is 9.85. The van der Waals surface area contributed by atoms with Gasteiger partial charge in [-0.2, -0.15) is 14.6 Å². The lowest BCUT2D eigenvalue weighted by atomic mass is 9.91. The number of fused-ring (bicyclic) bond motifs is 1. The minimum absolute atomic E-state index is 0.0677. The van der Waals surface area contributed by atoms with Gasteiger partial charge < -0.3 is 5.32 Å². The van der Waals surface area contributed by atoms with E-state index in [0.717, 1.165) is 18.1 Å². The van der Waals surface area contributed by atoms with Gasteiger partial charge in [-0.15, -0.1) is 11.3 Å². The molecule has 3 heterocycles. The van der Waals surface area contributed by atoms with Crippen molar-refractivity contribution in [1.82, 2.24) is 19.6 Å². The van der Waals surface area contributed by atoms with E-state index in [1.807, 2.05) is 13.0 Å². The highest BCUT2D eigenvalue weighted by Gasteiger charge is 2.22. The van der Waals surface area contributed by atoms with Crippen molar-refractivity contribution in [2.45, 2.75) is 26.2 Å². The first kappa shape index (κ1) is 13.1. The summed E-state index contributed by atoms with van der Waals surface area (Å²) in [5.41, 5.74) is 1.00. The fourth-order valence-corrected chi connectivity index (χ4v) is 2.97. The van der Waals surface area contributed by atoms with E-state index in [0.29, 0.717) is 5.78 Å². The second-order valence-corrected chi connectivity index (χ2v) is 6.42. The van der Waals surface area contributed by atoms with Crippen LogP contribution in [0.2, 0.25) is 0 Å². The maximum atomic E-state index is 4.34. The Balaban J connectivity index is 1.85. The number of rotatable bonds is 4. The zero-order valence-electron chi connectivity index (χ0n) is 11.8. The Labute approximate surface area is 121 Å². The SMILES string of the molecule is Cc1cc(NCC(C)(C)c2cccs2)n2ncnc2n1. The van der Waals surface area contributed by atoms with Crippen LogP contribution in [-0.4, -0.2) is 26.1 Å². The van der Waals surface area contributed by atoms with Crippen molar-refractivity contribution < 1.29 is 0 Å². The van der Waals surface area contributed by atoms with Gasteiger partial charge in [0, 0.05) is 28.6 Å². The number of aryl methyl sites for hydroxylation is 1. The summed E-state index contributed by atoms with van der Waals surface area (Å²) in [6, 6.07) is 6.26. The average Bonchev–Trinajstić information content (AvgIpc) is 3.06. The van der Waals surface area contributed by atoms with E-state index in [1.54, 1.807) is 15.9 Å². The fraction of sp³-hybridized carbons (Fsp3) is 0.357.